The van der Waals surface area contributed by atoms with Gasteiger partial charge in [-0.2, -0.15) is 23.4 Å². The summed E-state index contributed by atoms with van der Waals surface area (Å²) in [5.41, 5.74) is 7.64. The Morgan fingerprint density at radius 2 is 2.03 bits per heavy atom. The van der Waals surface area contributed by atoms with Crippen LogP contribution < -0.4 is 21.5 Å². The number of carbonyl (C=O) groups is 1. The summed E-state index contributed by atoms with van der Waals surface area (Å²) in [7, 11) is 1.24. The van der Waals surface area contributed by atoms with E-state index in [0.29, 0.717) is 0 Å². The molecule has 0 aliphatic rings. The van der Waals surface area contributed by atoms with E-state index in [9.17, 15) is 23.2 Å². The second kappa shape index (κ2) is 8.83. The van der Waals surface area contributed by atoms with Crippen LogP contribution in [0.25, 0.3) is 0 Å². The molecule has 30 heavy (non-hydrogen) atoms. The van der Waals surface area contributed by atoms with Gasteiger partial charge in [-0.25, -0.2) is 4.98 Å². The standard InChI is InChI=1S/C18H19F3N6O3/c1-3-30-14-12(8-22)13(25-16(24)26-14)17(9-29-2,15(23)28)27-11-6-4-5-10(7-11)18(19,20)21/h4-7,27H,3,9H2,1-2H3,(H2,23,28)(H2,24,25,26)/t17-/m1/s1. The summed E-state index contributed by atoms with van der Waals surface area (Å²) in [6, 6.07) is 5.92. The van der Waals surface area contributed by atoms with Crippen LogP contribution in [-0.4, -0.2) is 36.2 Å². The number of amides is 1. The summed E-state index contributed by atoms with van der Waals surface area (Å²) in [5, 5.41) is 12.3. The van der Waals surface area contributed by atoms with Crippen LogP contribution in [0.2, 0.25) is 0 Å². The van der Waals surface area contributed by atoms with Crippen molar-refractivity contribution < 1.29 is 27.4 Å². The van der Waals surface area contributed by atoms with Gasteiger partial charge in [-0.05, 0) is 25.1 Å². The number of primary amides is 1. The number of alkyl halides is 3. The number of hydrogen-bond acceptors (Lipinski definition) is 8. The van der Waals surface area contributed by atoms with Gasteiger partial charge in [-0.1, -0.05) is 6.07 Å². The van der Waals surface area contributed by atoms with Crippen molar-refractivity contribution in [3.63, 3.8) is 0 Å². The first kappa shape index (κ1) is 22.7. The Morgan fingerprint density at radius 3 is 2.57 bits per heavy atom. The van der Waals surface area contributed by atoms with Crippen LogP contribution in [0.15, 0.2) is 24.3 Å². The first-order valence-corrected chi connectivity index (χ1v) is 8.54. The molecule has 1 amide bonds. The van der Waals surface area contributed by atoms with Crippen molar-refractivity contribution in [1.29, 1.82) is 5.26 Å². The van der Waals surface area contributed by atoms with E-state index in [-0.39, 0.29) is 35.4 Å². The number of nitrogens with zero attached hydrogens (tertiary/aromatic N) is 3. The van der Waals surface area contributed by atoms with Gasteiger partial charge in [0.2, 0.25) is 11.8 Å². The van der Waals surface area contributed by atoms with Gasteiger partial charge in [-0.3, -0.25) is 4.79 Å². The number of rotatable bonds is 8. The first-order chi connectivity index (χ1) is 14.1. The number of hydrogen-bond donors (Lipinski definition) is 3. The minimum Gasteiger partial charge on any atom is -0.477 e. The predicted octanol–water partition coefficient (Wildman–Crippen LogP) is 1.79. The first-order valence-electron chi connectivity index (χ1n) is 8.54. The summed E-state index contributed by atoms with van der Waals surface area (Å²) in [6.07, 6.45) is -4.62. The summed E-state index contributed by atoms with van der Waals surface area (Å²) in [4.78, 5) is 20.4. The van der Waals surface area contributed by atoms with E-state index in [2.05, 4.69) is 15.3 Å². The molecule has 12 heteroatoms. The van der Waals surface area contributed by atoms with E-state index in [0.717, 1.165) is 18.2 Å². The number of nitriles is 1. The van der Waals surface area contributed by atoms with Crippen LogP contribution in [-0.2, 0) is 21.2 Å². The largest absolute Gasteiger partial charge is 0.477 e. The minimum atomic E-state index is -4.62. The van der Waals surface area contributed by atoms with Crippen LogP contribution in [0.3, 0.4) is 0 Å². The Kier molecular flexibility index (Phi) is 6.68. The highest BCUT2D eigenvalue weighted by molar-refractivity contribution is 5.90. The third kappa shape index (κ3) is 4.52. The fourth-order valence-corrected chi connectivity index (χ4v) is 2.76. The second-order valence-corrected chi connectivity index (χ2v) is 6.06. The van der Waals surface area contributed by atoms with Crippen LogP contribution in [0.1, 0.15) is 23.7 Å². The molecule has 5 N–H and O–H groups in total. The third-order valence-corrected chi connectivity index (χ3v) is 4.02. The number of anilines is 2. The minimum absolute atomic E-state index is 0.111. The highest BCUT2D eigenvalue weighted by Crippen LogP contribution is 2.35. The smallest absolute Gasteiger partial charge is 0.416 e. The Bertz CT molecular complexity index is 977. The van der Waals surface area contributed by atoms with Gasteiger partial charge in [0.1, 0.15) is 17.3 Å². The average Bonchev–Trinajstić information content (AvgIpc) is 2.67. The fraction of sp³-hybridized carbons (Fsp3) is 0.333. The topological polar surface area (TPSA) is 149 Å². The molecule has 0 radical (unpaired) electrons. The van der Waals surface area contributed by atoms with Crippen LogP contribution >= 0.6 is 0 Å². The van der Waals surface area contributed by atoms with Crippen molar-refractivity contribution in [2.45, 2.75) is 18.6 Å². The number of aromatic nitrogens is 2. The van der Waals surface area contributed by atoms with Crippen molar-refractivity contribution in [1.82, 2.24) is 9.97 Å². The summed E-state index contributed by atoms with van der Waals surface area (Å²) < 4.78 is 49.7. The van der Waals surface area contributed by atoms with Crippen molar-refractivity contribution in [2.24, 2.45) is 5.73 Å². The lowest BCUT2D eigenvalue weighted by molar-refractivity contribution is -0.137. The molecule has 0 saturated carbocycles. The number of methoxy groups -OCH3 is 1. The molecular weight excluding hydrogens is 405 g/mol. The van der Waals surface area contributed by atoms with Gasteiger partial charge in [0.15, 0.2) is 5.54 Å². The number of carbonyl (C=O) groups excluding carboxylic acids is 1. The molecule has 1 heterocycles. The van der Waals surface area contributed by atoms with E-state index in [1.54, 1.807) is 6.92 Å². The average molecular weight is 424 g/mol. The highest BCUT2D eigenvalue weighted by Gasteiger charge is 2.44. The third-order valence-electron chi connectivity index (χ3n) is 4.02. The molecule has 160 valence electrons. The molecule has 0 bridgehead atoms. The second-order valence-electron chi connectivity index (χ2n) is 6.06. The van der Waals surface area contributed by atoms with E-state index >= 15 is 0 Å². The number of nitrogen functional groups attached to an aromatic ring is 1. The monoisotopic (exact) mass is 424 g/mol. The maximum atomic E-state index is 13.1. The van der Waals surface area contributed by atoms with Crippen molar-refractivity contribution in [3.8, 4) is 11.9 Å². The van der Waals surface area contributed by atoms with Crippen molar-refractivity contribution in [2.75, 3.05) is 31.4 Å². The summed E-state index contributed by atoms with van der Waals surface area (Å²) >= 11 is 0. The van der Waals surface area contributed by atoms with Gasteiger partial charge in [-0.15, -0.1) is 0 Å². The number of halogens is 3. The van der Waals surface area contributed by atoms with Gasteiger partial charge in [0, 0.05) is 12.8 Å². The van der Waals surface area contributed by atoms with E-state index in [4.69, 9.17) is 20.9 Å². The number of nitrogens with one attached hydrogen (secondary N) is 1. The Morgan fingerprint density at radius 1 is 1.33 bits per heavy atom. The molecule has 1 atom stereocenters. The molecule has 0 aliphatic heterocycles. The molecule has 1 aromatic carbocycles. The SMILES string of the molecule is CCOc1nc(N)nc([C@@](COC)(Nc2cccc(C(F)(F)F)c2)C(N)=O)c1C#N. The van der Waals surface area contributed by atoms with Gasteiger partial charge in [0.05, 0.1) is 18.8 Å². The summed E-state index contributed by atoms with van der Waals surface area (Å²) in [6.45, 7) is 1.28. The molecular formula is C18H19F3N6O3. The van der Waals surface area contributed by atoms with Gasteiger partial charge >= 0.3 is 6.18 Å². The Hall–Kier alpha value is -3.59. The van der Waals surface area contributed by atoms with E-state index < -0.39 is 29.8 Å². The molecule has 2 aromatic rings. The molecule has 2 rings (SSSR count). The molecule has 0 unspecified atom stereocenters. The molecule has 0 aliphatic carbocycles. The van der Waals surface area contributed by atoms with E-state index in [1.165, 1.54) is 13.2 Å². The highest BCUT2D eigenvalue weighted by atomic mass is 19.4. The molecule has 0 fully saturated rings. The zero-order valence-corrected chi connectivity index (χ0v) is 16.1. The maximum Gasteiger partial charge on any atom is 0.416 e. The number of benzene rings is 1. The lowest BCUT2D eigenvalue weighted by atomic mass is 9.90. The lowest BCUT2D eigenvalue weighted by Crippen LogP contribution is -2.52. The van der Waals surface area contributed by atoms with Crippen LogP contribution in [0.5, 0.6) is 5.88 Å². The molecule has 0 saturated heterocycles. The zero-order valence-electron chi connectivity index (χ0n) is 16.1. The van der Waals surface area contributed by atoms with Crippen LogP contribution in [0, 0.1) is 11.3 Å². The zero-order chi connectivity index (χ0) is 22.5. The fourth-order valence-electron chi connectivity index (χ4n) is 2.76. The Labute approximate surface area is 169 Å². The molecule has 9 nitrogen and oxygen atoms in total. The lowest BCUT2D eigenvalue weighted by Gasteiger charge is -2.32. The van der Waals surface area contributed by atoms with Crippen LogP contribution in [0.4, 0.5) is 24.8 Å². The van der Waals surface area contributed by atoms with Gasteiger partial charge < -0.3 is 26.3 Å². The van der Waals surface area contributed by atoms with Crippen molar-refractivity contribution in [3.05, 3.63) is 41.1 Å². The van der Waals surface area contributed by atoms with Gasteiger partial charge in [0.25, 0.3) is 5.91 Å². The van der Waals surface area contributed by atoms with Crippen molar-refractivity contribution >= 4 is 17.5 Å². The number of nitrogens with two attached hydrogens (primary N) is 2. The predicted molar refractivity (Wildman–Crippen MR) is 100 cm³/mol. The normalized spacial score (nSPS) is 13.2. The van der Waals surface area contributed by atoms with E-state index in [1.807, 2.05) is 6.07 Å². The quantitative estimate of drug-likeness (QED) is 0.581. The summed E-state index contributed by atoms with van der Waals surface area (Å²) in [5.74, 6) is -1.60. The Balaban J connectivity index is 2.74. The number of ether oxygens (including phenoxy) is 2. The molecule has 1 aromatic heterocycles. The maximum absolute atomic E-state index is 13.1. The molecule has 0 spiro atoms.